The van der Waals surface area contributed by atoms with Gasteiger partial charge in [0, 0.05) is 51.4 Å². The van der Waals surface area contributed by atoms with Crippen LogP contribution in [0.5, 0.6) is 5.75 Å². The number of hydrogen-bond donors (Lipinski definition) is 0. The quantitative estimate of drug-likeness (QED) is 0.492. The van der Waals surface area contributed by atoms with Crippen LogP contribution in [-0.2, 0) is 24.4 Å². The molecule has 1 fully saturated rings. The molecule has 0 N–H and O–H groups in total. The Morgan fingerprint density at radius 3 is 2.66 bits per heavy atom. The maximum atomic E-state index is 12.9. The minimum atomic E-state index is 0.119. The van der Waals surface area contributed by atoms with Crippen LogP contribution in [0.1, 0.15) is 43.4 Å². The third-order valence-electron chi connectivity index (χ3n) is 7.24. The average Bonchev–Trinajstić information content (AvgIpc) is 3.25. The molecule has 1 amide bonds. The zero-order chi connectivity index (χ0) is 24.2. The van der Waals surface area contributed by atoms with Gasteiger partial charge in [-0.25, -0.2) is 0 Å². The van der Waals surface area contributed by atoms with Gasteiger partial charge in [-0.3, -0.25) is 14.6 Å². The molecule has 3 heterocycles. The highest BCUT2D eigenvalue weighted by molar-refractivity contribution is 7.00. The summed E-state index contributed by atoms with van der Waals surface area (Å²) in [4.78, 5) is 19.8. The Labute approximate surface area is 212 Å². The molecule has 8 heteroatoms. The Kier molecular flexibility index (Phi) is 7.60. The van der Waals surface area contributed by atoms with Crippen molar-refractivity contribution in [1.29, 1.82) is 0 Å². The largest absolute Gasteiger partial charge is 0.492 e. The second-order valence-electron chi connectivity index (χ2n) is 9.67. The van der Waals surface area contributed by atoms with Gasteiger partial charge in [0.1, 0.15) is 23.4 Å². The Morgan fingerprint density at radius 1 is 1.03 bits per heavy atom. The smallest absolute Gasteiger partial charge is 0.226 e. The molecule has 0 aliphatic carbocycles. The van der Waals surface area contributed by atoms with Crippen LogP contribution in [0.25, 0.3) is 11.0 Å². The minimum absolute atomic E-state index is 0.119. The number of hydrogen-bond acceptors (Lipinski definition) is 7. The number of carbonyl (C=O) groups is 1. The molecule has 35 heavy (non-hydrogen) atoms. The Morgan fingerprint density at radius 2 is 1.80 bits per heavy atom. The molecule has 2 aliphatic rings. The number of likely N-dealkylation sites (tertiary alicyclic amines) is 1. The van der Waals surface area contributed by atoms with E-state index in [2.05, 4.69) is 68.8 Å². The van der Waals surface area contributed by atoms with Crippen molar-refractivity contribution in [3.63, 3.8) is 0 Å². The third-order valence-corrected chi connectivity index (χ3v) is 7.80. The van der Waals surface area contributed by atoms with Gasteiger partial charge in [-0.1, -0.05) is 12.1 Å². The zero-order valence-electron chi connectivity index (χ0n) is 20.8. The molecule has 7 nitrogen and oxygen atoms in total. The summed E-state index contributed by atoms with van der Waals surface area (Å²) in [6, 6.07) is 13.0. The van der Waals surface area contributed by atoms with E-state index in [0.29, 0.717) is 12.5 Å². The van der Waals surface area contributed by atoms with Crippen molar-refractivity contribution >= 4 is 28.7 Å². The summed E-state index contributed by atoms with van der Waals surface area (Å²) in [5.74, 6) is 1.43. The number of ether oxygens (including phenoxy) is 1. The molecule has 0 radical (unpaired) electrons. The minimum Gasteiger partial charge on any atom is -0.492 e. The Balaban J connectivity index is 1.25. The molecule has 1 saturated heterocycles. The number of amides is 1. The predicted molar refractivity (Wildman–Crippen MR) is 139 cm³/mol. The van der Waals surface area contributed by atoms with Crippen molar-refractivity contribution in [2.24, 2.45) is 5.92 Å². The summed E-state index contributed by atoms with van der Waals surface area (Å²) in [7, 11) is 0. The summed E-state index contributed by atoms with van der Waals surface area (Å²) < 4.78 is 14.8. The van der Waals surface area contributed by atoms with Crippen LogP contribution in [0.15, 0.2) is 36.4 Å². The SMILES string of the molecule is CCN(CC)C(=O)C1CCCN(Cc2ccc3c(c2)CN(Cc2ccc4nsnc4c2)CCO3)C1. The van der Waals surface area contributed by atoms with E-state index < -0.39 is 0 Å². The molecular weight excluding hydrogens is 458 g/mol. The maximum Gasteiger partial charge on any atom is 0.226 e. The van der Waals surface area contributed by atoms with Gasteiger partial charge in [-0.2, -0.15) is 8.75 Å². The molecule has 1 unspecified atom stereocenters. The molecule has 1 atom stereocenters. The number of fused-ring (bicyclic) bond motifs is 2. The molecule has 0 saturated carbocycles. The van der Waals surface area contributed by atoms with E-state index in [4.69, 9.17) is 4.74 Å². The lowest BCUT2D eigenvalue weighted by Crippen LogP contribution is -2.44. The topological polar surface area (TPSA) is 61.8 Å². The van der Waals surface area contributed by atoms with Gasteiger partial charge in [0.2, 0.25) is 5.91 Å². The molecule has 0 bridgehead atoms. The lowest BCUT2D eigenvalue weighted by molar-refractivity contribution is -0.137. The van der Waals surface area contributed by atoms with Crippen molar-refractivity contribution in [3.05, 3.63) is 53.1 Å². The van der Waals surface area contributed by atoms with Crippen LogP contribution < -0.4 is 4.74 Å². The van der Waals surface area contributed by atoms with Gasteiger partial charge >= 0.3 is 0 Å². The van der Waals surface area contributed by atoms with Crippen molar-refractivity contribution < 1.29 is 9.53 Å². The van der Waals surface area contributed by atoms with Crippen LogP contribution in [-0.4, -0.2) is 68.7 Å². The second kappa shape index (κ2) is 11.0. The molecule has 2 aromatic carbocycles. The predicted octanol–water partition coefficient (Wildman–Crippen LogP) is 4.17. The highest BCUT2D eigenvalue weighted by atomic mass is 32.1. The molecule has 0 spiro atoms. The standard InChI is InChI=1S/C27H35N5O2S/c1-3-32(4-2)27(33)22-6-5-11-30(18-22)16-20-8-10-26-23(14-20)19-31(12-13-34-26)17-21-7-9-24-25(15-21)29-35-28-24/h7-10,14-15,22H,3-6,11-13,16-19H2,1-2H3. The number of benzene rings is 2. The summed E-state index contributed by atoms with van der Waals surface area (Å²) in [5.41, 5.74) is 5.72. The number of piperidine rings is 1. The average molecular weight is 494 g/mol. The number of nitrogens with zero attached hydrogens (tertiary/aromatic N) is 5. The highest BCUT2D eigenvalue weighted by Crippen LogP contribution is 2.27. The van der Waals surface area contributed by atoms with Crippen LogP contribution in [0.3, 0.4) is 0 Å². The Bertz CT molecular complexity index is 1160. The fourth-order valence-electron chi connectivity index (χ4n) is 5.37. The Hall–Kier alpha value is -2.55. The van der Waals surface area contributed by atoms with Gasteiger partial charge in [-0.05, 0) is 68.6 Å². The summed E-state index contributed by atoms with van der Waals surface area (Å²) in [6.45, 7) is 11.8. The number of carbonyl (C=O) groups excluding carboxylic acids is 1. The van der Waals surface area contributed by atoms with Gasteiger partial charge < -0.3 is 9.64 Å². The van der Waals surface area contributed by atoms with Gasteiger partial charge in [-0.15, -0.1) is 0 Å². The van der Waals surface area contributed by atoms with Crippen molar-refractivity contribution in [2.75, 3.05) is 39.3 Å². The molecular formula is C27H35N5O2S. The van der Waals surface area contributed by atoms with E-state index in [1.54, 1.807) is 0 Å². The molecule has 5 rings (SSSR count). The van der Waals surface area contributed by atoms with Crippen LogP contribution in [0.4, 0.5) is 0 Å². The molecule has 186 valence electrons. The first kappa shape index (κ1) is 24.2. The number of rotatable bonds is 7. The van der Waals surface area contributed by atoms with E-state index in [0.717, 1.165) is 82.0 Å². The lowest BCUT2D eigenvalue weighted by Gasteiger charge is -2.34. The molecule has 3 aromatic rings. The van der Waals surface area contributed by atoms with Gasteiger partial charge in [0.15, 0.2) is 0 Å². The fourth-order valence-corrected chi connectivity index (χ4v) is 5.89. The van der Waals surface area contributed by atoms with E-state index in [-0.39, 0.29) is 5.92 Å². The van der Waals surface area contributed by atoms with Crippen LogP contribution in [0, 0.1) is 5.92 Å². The first-order chi connectivity index (χ1) is 17.1. The van der Waals surface area contributed by atoms with E-state index in [1.165, 1.54) is 28.4 Å². The van der Waals surface area contributed by atoms with Crippen LogP contribution in [0.2, 0.25) is 0 Å². The molecule has 1 aromatic heterocycles. The fraction of sp³-hybridized carbons (Fsp3) is 0.519. The zero-order valence-corrected chi connectivity index (χ0v) is 21.6. The second-order valence-corrected chi connectivity index (χ2v) is 10.2. The van der Waals surface area contributed by atoms with Gasteiger partial charge in [0.25, 0.3) is 0 Å². The molecule has 2 aliphatic heterocycles. The highest BCUT2D eigenvalue weighted by Gasteiger charge is 2.28. The van der Waals surface area contributed by atoms with Gasteiger partial charge in [0.05, 0.1) is 17.6 Å². The van der Waals surface area contributed by atoms with E-state index >= 15 is 0 Å². The maximum absolute atomic E-state index is 12.9. The van der Waals surface area contributed by atoms with Crippen LogP contribution >= 0.6 is 11.7 Å². The van der Waals surface area contributed by atoms with E-state index in [1.807, 2.05) is 4.90 Å². The summed E-state index contributed by atoms with van der Waals surface area (Å²) >= 11 is 1.26. The first-order valence-corrected chi connectivity index (χ1v) is 13.5. The lowest BCUT2D eigenvalue weighted by atomic mass is 9.95. The monoisotopic (exact) mass is 493 g/mol. The van der Waals surface area contributed by atoms with Crippen molar-refractivity contribution in [2.45, 2.75) is 46.3 Å². The third kappa shape index (κ3) is 5.66. The van der Waals surface area contributed by atoms with Crippen molar-refractivity contribution in [1.82, 2.24) is 23.4 Å². The summed E-state index contributed by atoms with van der Waals surface area (Å²) in [6.07, 6.45) is 2.08. The summed E-state index contributed by atoms with van der Waals surface area (Å²) in [5, 5.41) is 0. The van der Waals surface area contributed by atoms with E-state index in [9.17, 15) is 4.79 Å². The normalized spacial score (nSPS) is 19.2. The van der Waals surface area contributed by atoms with Crippen molar-refractivity contribution in [3.8, 4) is 5.75 Å². The number of aromatic nitrogens is 2. The first-order valence-electron chi connectivity index (χ1n) is 12.8.